The Morgan fingerprint density at radius 3 is 2.14 bits per heavy atom. The molecular formula is C16H33NO4. The van der Waals surface area contributed by atoms with E-state index < -0.39 is 11.7 Å². The summed E-state index contributed by atoms with van der Waals surface area (Å²) in [6, 6.07) is 0. The molecule has 0 bridgehead atoms. The fraction of sp³-hybridized carbons (Fsp3) is 0.938. The Bertz CT molecular complexity index is 312. The van der Waals surface area contributed by atoms with Gasteiger partial charge in [-0.2, -0.15) is 0 Å². The van der Waals surface area contributed by atoms with E-state index in [0.29, 0.717) is 18.9 Å². The summed E-state index contributed by atoms with van der Waals surface area (Å²) in [6.45, 7) is 12.1. The summed E-state index contributed by atoms with van der Waals surface area (Å²) in [5.74, 6) is 0.418. The lowest BCUT2D eigenvalue weighted by Crippen LogP contribution is -2.44. The lowest BCUT2D eigenvalue weighted by molar-refractivity contribution is 0.0137. The van der Waals surface area contributed by atoms with Crippen LogP contribution in [0.5, 0.6) is 0 Å². The highest BCUT2D eigenvalue weighted by Crippen LogP contribution is 2.31. The minimum Gasteiger partial charge on any atom is -0.444 e. The molecule has 0 aromatic rings. The Morgan fingerprint density at radius 1 is 1.19 bits per heavy atom. The fourth-order valence-electron chi connectivity index (χ4n) is 2.55. The van der Waals surface area contributed by atoms with E-state index in [1.54, 1.807) is 7.11 Å². The molecule has 2 unspecified atom stereocenters. The van der Waals surface area contributed by atoms with Crippen molar-refractivity contribution in [1.82, 2.24) is 5.32 Å². The SMILES string of the molecule is COC(C)CC(CO)(CNC(=O)OC(C)(C)C)CC(C)C. The second kappa shape index (κ2) is 8.59. The Morgan fingerprint density at radius 2 is 1.76 bits per heavy atom. The number of carbonyl (C=O) groups excluding carboxylic acids is 1. The van der Waals surface area contributed by atoms with Crippen LogP contribution in [-0.4, -0.2) is 43.2 Å². The molecule has 5 nitrogen and oxygen atoms in total. The predicted molar refractivity (Wildman–Crippen MR) is 84.3 cm³/mol. The summed E-state index contributed by atoms with van der Waals surface area (Å²) in [7, 11) is 1.66. The largest absolute Gasteiger partial charge is 0.444 e. The summed E-state index contributed by atoms with van der Waals surface area (Å²) in [6.07, 6.45) is 1.08. The standard InChI is InChI=1S/C16H33NO4/c1-12(2)8-16(11-18,9-13(3)20-7)10-17-14(19)21-15(4,5)6/h12-13,18H,8-11H2,1-7H3,(H,17,19). The van der Waals surface area contributed by atoms with Gasteiger partial charge in [0.25, 0.3) is 0 Å². The van der Waals surface area contributed by atoms with Gasteiger partial charge in [-0.3, -0.25) is 0 Å². The highest BCUT2D eigenvalue weighted by Gasteiger charge is 2.33. The molecule has 2 N–H and O–H groups in total. The first kappa shape index (κ1) is 20.2. The van der Waals surface area contributed by atoms with Crippen LogP contribution >= 0.6 is 0 Å². The zero-order valence-corrected chi connectivity index (χ0v) is 14.7. The minimum absolute atomic E-state index is 0.00861. The number of methoxy groups -OCH3 is 1. The molecule has 0 radical (unpaired) electrons. The monoisotopic (exact) mass is 303 g/mol. The number of carbonyl (C=O) groups is 1. The highest BCUT2D eigenvalue weighted by atomic mass is 16.6. The molecule has 0 aliphatic carbocycles. The minimum atomic E-state index is -0.524. The van der Waals surface area contributed by atoms with Crippen LogP contribution in [0.3, 0.4) is 0 Å². The van der Waals surface area contributed by atoms with Crippen molar-refractivity contribution in [3.05, 3.63) is 0 Å². The van der Waals surface area contributed by atoms with Gasteiger partial charge in [0.2, 0.25) is 0 Å². The summed E-state index contributed by atoms with van der Waals surface area (Å²) in [4.78, 5) is 11.8. The maximum Gasteiger partial charge on any atom is 0.407 e. The average Bonchev–Trinajstić information content (AvgIpc) is 2.33. The second-order valence-electron chi connectivity index (χ2n) is 7.36. The maximum absolute atomic E-state index is 11.8. The van der Waals surface area contributed by atoms with Crippen LogP contribution < -0.4 is 5.32 Å². The number of nitrogens with one attached hydrogen (secondary N) is 1. The lowest BCUT2D eigenvalue weighted by atomic mass is 9.76. The first-order valence-corrected chi connectivity index (χ1v) is 7.64. The molecule has 0 fully saturated rings. The van der Waals surface area contributed by atoms with E-state index in [4.69, 9.17) is 9.47 Å². The van der Waals surface area contributed by atoms with Gasteiger partial charge in [0.15, 0.2) is 0 Å². The van der Waals surface area contributed by atoms with Crippen molar-refractivity contribution in [1.29, 1.82) is 0 Å². The molecule has 0 spiro atoms. The summed E-state index contributed by atoms with van der Waals surface area (Å²) in [5.41, 5.74) is -0.912. The average molecular weight is 303 g/mol. The molecule has 126 valence electrons. The fourth-order valence-corrected chi connectivity index (χ4v) is 2.55. The summed E-state index contributed by atoms with van der Waals surface area (Å²) < 4.78 is 10.6. The molecule has 0 aromatic carbocycles. The Balaban J connectivity index is 4.76. The number of aliphatic hydroxyl groups excluding tert-OH is 1. The zero-order chi connectivity index (χ0) is 16.7. The third-order valence-electron chi connectivity index (χ3n) is 3.31. The van der Waals surface area contributed by atoms with Gasteiger partial charge in [-0.1, -0.05) is 13.8 Å². The summed E-state index contributed by atoms with van der Waals surface area (Å²) in [5, 5.41) is 12.7. The normalized spacial score (nSPS) is 16.4. The van der Waals surface area contributed by atoms with E-state index in [2.05, 4.69) is 19.2 Å². The smallest absolute Gasteiger partial charge is 0.407 e. The number of amides is 1. The first-order chi connectivity index (χ1) is 9.53. The van der Waals surface area contributed by atoms with Gasteiger partial charge >= 0.3 is 6.09 Å². The maximum atomic E-state index is 11.8. The molecule has 21 heavy (non-hydrogen) atoms. The predicted octanol–water partition coefficient (Wildman–Crippen LogP) is 2.96. The molecular weight excluding hydrogens is 270 g/mol. The van der Waals surface area contributed by atoms with Gasteiger partial charge in [-0.05, 0) is 46.5 Å². The lowest BCUT2D eigenvalue weighted by Gasteiger charge is -2.36. The van der Waals surface area contributed by atoms with Gasteiger partial charge in [-0.25, -0.2) is 4.79 Å². The van der Waals surface area contributed by atoms with Crippen molar-refractivity contribution in [3.63, 3.8) is 0 Å². The molecule has 0 aromatic heterocycles. The van der Waals surface area contributed by atoms with Crippen LogP contribution in [0.2, 0.25) is 0 Å². The molecule has 1 amide bonds. The van der Waals surface area contributed by atoms with Gasteiger partial charge in [0.05, 0.1) is 12.7 Å². The van der Waals surface area contributed by atoms with Crippen LogP contribution in [0, 0.1) is 11.3 Å². The number of rotatable bonds is 8. The van der Waals surface area contributed by atoms with Crippen molar-refractivity contribution in [2.75, 3.05) is 20.3 Å². The molecule has 0 saturated carbocycles. The van der Waals surface area contributed by atoms with Gasteiger partial charge < -0.3 is 19.9 Å². The molecule has 0 heterocycles. The van der Waals surface area contributed by atoms with Crippen LogP contribution in [0.1, 0.15) is 54.4 Å². The van der Waals surface area contributed by atoms with Crippen LogP contribution in [0.25, 0.3) is 0 Å². The second-order valence-corrected chi connectivity index (χ2v) is 7.36. The van der Waals surface area contributed by atoms with E-state index in [-0.39, 0.29) is 18.1 Å². The van der Waals surface area contributed by atoms with Crippen LogP contribution in [0.4, 0.5) is 4.79 Å². The van der Waals surface area contributed by atoms with Gasteiger partial charge in [0, 0.05) is 19.1 Å². The number of ether oxygens (including phenoxy) is 2. The van der Waals surface area contributed by atoms with E-state index >= 15 is 0 Å². The number of aliphatic hydroxyl groups is 1. The van der Waals surface area contributed by atoms with Crippen molar-refractivity contribution < 1.29 is 19.4 Å². The van der Waals surface area contributed by atoms with Crippen molar-refractivity contribution in [2.45, 2.75) is 66.1 Å². The molecule has 0 aliphatic heterocycles. The first-order valence-electron chi connectivity index (χ1n) is 7.64. The third-order valence-corrected chi connectivity index (χ3v) is 3.31. The Kier molecular flexibility index (Phi) is 8.26. The van der Waals surface area contributed by atoms with E-state index in [1.807, 2.05) is 27.7 Å². The van der Waals surface area contributed by atoms with Crippen molar-refractivity contribution in [3.8, 4) is 0 Å². The highest BCUT2D eigenvalue weighted by molar-refractivity contribution is 5.67. The Labute approximate surface area is 129 Å². The van der Waals surface area contributed by atoms with Crippen LogP contribution in [-0.2, 0) is 9.47 Å². The summed E-state index contributed by atoms with van der Waals surface area (Å²) >= 11 is 0. The van der Waals surface area contributed by atoms with Crippen molar-refractivity contribution >= 4 is 6.09 Å². The van der Waals surface area contributed by atoms with Gasteiger partial charge in [-0.15, -0.1) is 0 Å². The quantitative estimate of drug-likeness (QED) is 0.723. The third kappa shape index (κ3) is 8.94. The zero-order valence-electron chi connectivity index (χ0n) is 14.7. The molecule has 0 saturated heterocycles. The van der Waals surface area contributed by atoms with E-state index in [9.17, 15) is 9.90 Å². The van der Waals surface area contributed by atoms with E-state index in [0.717, 1.165) is 6.42 Å². The van der Waals surface area contributed by atoms with Gasteiger partial charge in [0.1, 0.15) is 5.60 Å². The Hall–Kier alpha value is -0.810. The number of hydrogen-bond donors (Lipinski definition) is 2. The molecule has 2 atom stereocenters. The molecule has 0 rings (SSSR count). The number of alkyl carbamates (subject to hydrolysis) is 1. The van der Waals surface area contributed by atoms with Crippen LogP contribution in [0.15, 0.2) is 0 Å². The van der Waals surface area contributed by atoms with Crippen molar-refractivity contribution in [2.24, 2.45) is 11.3 Å². The topological polar surface area (TPSA) is 67.8 Å². The molecule has 0 aliphatic rings. The van der Waals surface area contributed by atoms with E-state index in [1.165, 1.54) is 0 Å². The molecule has 5 heteroatoms. The number of hydrogen-bond acceptors (Lipinski definition) is 4.